The summed E-state index contributed by atoms with van der Waals surface area (Å²) in [7, 11) is 0. The van der Waals surface area contributed by atoms with Crippen LogP contribution in [0, 0.1) is 11.8 Å². The fraction of sp³-hybridized carbons (Fsp3) is 0.500. The van der Waals surface area contributed by atoms with E-state index < -0.39 is 18.0 Å². The number of ether oxygens (including phenoxy) is 2. The molecule has 2 aliphatic heterocycles. The predicted octanol–water partition coefficient (Wildman–Crippen LogP) is 2.08. The lowest BCUT2D eigenvalue weighted by Gasteiger charge is -2.46. The van der Waals surface area contributed by atoms with Crippen molar-refractivity contribution in [3.63, 3.8) is 0 Å². The Bertz CT molecular complexity index is 924. The lowest BCUT2D eigenvalue weighted by Crippen LogP contribution is -2.63. The summed E-state index contributed by atoms with van der Waals surface area (Å²) in [6, 6.07) is -0.334. The van der Waals surface area contributed by atoms with Gasteiger partial charge in [0.1, 0.15) is 12.3 Å². The van der Waals surface area contributed by atoms with Crippen LogP contribution in [0.2, 0.25) is 0 Å². The summed E-state index contributed by atoms with van der Waals surface area (Å²) in [4.78, 5) is 42.0. The zero-order valence-corrected chi connectivity index (χ0v) is 18.9. The summed E-state index contributed by atoms with van der Waals surface area (Å²) in [6.07, 6.45) is 1.00. The van der Waals surface area contributed by atoms with Gasteiger partial charge in [0.25, 0.3) is 0 Å². The number of thioether (sulfide) groups is 1. The van der Waals surface area contributed by atoms with Gasteiger partial charge in [-0.3, -0.25) is 9.59 Å². The van der Waals surface area contributed by atoms with Gasteiger partial charge in [0.15, 0.2) is 0 Å². The molecule has 31 heavy (non-hydrogen) atoms. The molecule has 0 radical (unpaired) electrons. The van der Waals surface area contributed by atoms with E-state index in [1.807, 2.05) is 13.0 Å². The number of β-lactam (4-membered cyclic amide) rings is 1. The number of nitrogens with zero attached hydrogens (tertiary/aromatic N) is 2. The second kappa shape index (κ2) is 9.94. The van der Waals surface area contributed by atoms with Gasteiger partial charge in [-0.05, 0) is 18.4 Å². The number of fused-ring (bicyclic) bond motifs is 1. The molecule has 0 saturated carbocycles. The second-order valence-corrected chi connectivity index (χ2v) is 9.08. The number of esters is 1. The Kier molecular flexibility index (Phi) is 7.52. The van der Waals surface area contributed by atoms with E-state index in [-0.39, 0.29) is 49.4 Å². The highest BCUT2D eigenvalue weighted by molar-refractivity contribution is 8.06. The van der Waals surface area contributed by atoms with Crippen LogP contribution in [-0.2, 0) is 30.5 Å². The molecule has 1 fully saturated rings. The molecule has 168 valence electrons. The summed E-state index contributed by atoms with van der Waals surface area (Å²) in [5, 5.41) is 21.3. The lowest BCUT2D eigenvalue weighted by molar-refractivity contribution is -0.163. The Balaban J connectivity index is 1.65. The number of carboxylic acid groups (broad SMARTS) is 1. The third-order valence-corrected chi connectivity index (χ3v) is 7.10. The molecule has 3 rings (SSSR count). The van der Waals surface area contributed by atoms with Crippen molar-refractivity contribution in [3.05, 3.63) is 32.1 Å². The van der Waals surface area contributed by atoms with Crippen LogP contribution >= 0.6 is 23.1 Å². The van der Waals surface area contributed by atoms with Crippen LogP contribution < -0.4 is 0 Å². The summed E-state index contributed by atoms with van der Waals surface area (Å²) in [5.41, 5.74) is 2.41. The minimum absolute atomic E-state index is 0.00705. The van der Waals surface area contributed by atoms with Crippen LogP contribution in [0.3, 0.4) is 0 Å². The minimum Gasteiger partial charge on any atom is -0.477 e. The van der Waals surface area contributed by atoms with E-state index >= 15 is 0 Å². The van der Waals surface area contributed by atoms with Crippen LogP contribution in [0.4, 0.5) is 0 Å². The average molecular weight is 469 g/mol. The van der Waals surface area contributed by atoms with E-state index in [1.165, 1.54) is 34.9 Å². The summed E-state index contributed by atoms with van der Waals surface area (Å²) >= 11 is 2.68. The van der Waals surface area contributed by atoms with Crippen molar-refractivity contribution < 1.29 is 34.1 Å². The molecular weight excluding hydrogens is 444 g/mol. The number of hydrogen-bond acceptors (Lipinski definition) is 9. The maximum atomic E-state index is 12.4. The number of amides is 1. The topological polar surface area (TPSA) is 126 Å². The van der Waals surface area contributed by atoms with E-state index in [4.69, 9.17) is 9.47 Å². The van der Waals surface area contributed by atoms with Crippen molar-refractivity contribution in [2.45, 2.75) is 39.5 Å². The molecule has 9 nitrogen and oxygen atoms in total. The number of aliphatic hydroxyl groups excluding tert-OH is 1. The minimum atomic E-state index is -1.15. The predicted molar refractivity (Wildman–Crippen MR) is 115 cm³/mol. The standard InChI is InChI=1S/C20H24N2O7S2/c1-10-16-15(11(2)23)19(25)22(16)17(20(26)27)18(10)30-7-4-14-13(21-9-31-14)8-28-5-6-29-12(3)24/h4,7,9-11,15-16,23H,5-6,8H2,1-3H3,(H,26,27)/b7-4-/t10-,11-,15-,16-/m1/s1. The lowest BCUT2D eigenvalue weighted by atomic mass is 9.79. The number of aliphatic hydroxyl groups is 1. The third-order valence-electron chi connectivity index (χ3n) is 5.17. The number of aliphatic carboxylic acids is 1. The van der Waals surface area contributed by atoms with Gasteiger partial charge >= 0.3 is 11.9 Å². The fourth-order valence-corrected chi connectivity index (χ4v) is 5.56. The molecule has 4 atom stereocenters. The zero-order chi connectivity index (χ0) is 22.7. The first-order valence-electron chi connectivity index (χ1n) is 9.69. The van der Waals surface area contributed by atoms with Crippen LogP contribution in [0.15, 0.2) is 21.5 Å². The van der Waals surface area contributed by atoms with Crippen molar-refractivity contribution in [2.75, 3.05) is 13.2 Å². The number of carbonyl (C=O) groups is 3. The first kappa shape index (κ1) is 23.5. The average Bonchev–Trinajstić information content (AvgIpc) is 3.22. The number of carboxylic acids is 1. The van der Waals surface area contributed by atoms with Crippen molar-refractivity contribution in [2.24, 2.45) is 11.8 Å². The van der Waals surface area contributed by atoms with Crippen LogP contribution in [-0.4, -0.2) is 63.3 Å². The molecule has 1 aromatic heterocycles. The smallest absolute Gasteiger partial charge is 0.353 e. The van der Waals surface area contributed by atoms with Crippen LogP contribution in [0.1, 0.15) is 31.3 Å². The Hall–Kier alpha value is -2.21. The van der Waals surface area contributed by atoms with E-state index in [0.29, 0.717) is 4.91 Å². The van der Waals surface area contributed by atoms with Crippen LogP contribution in [0.5, 0.6) is 0 Å². The second-order valence-electron chi connectivity index (χ2n) is 7.25. The van der Waals surface area contributed by atoms with Crippen molar-refractivity contribution >= 4 is 47.0 Å². The number of aromatic nitrogens is 1. The summed E-state index contributed by atoms with van der Waals surface area (Å²) in [5.74, 6) is -2.63. The normalized spacial score (nSPS) is 23.8. The van der Waals surface area contributed by atoms with Gasteiger partial charge in [-0.2, -0.15) is 0 Å². The third kappa shape index (κ3) is 4.84. The first-order chi connectivity index (χ1) is 14.7. The Morgan fingerprint density at radius 1 is 1.42 bits per heavy atom. The highest BCUT2D eigenvalue weighted by atomic mass is 32.2. The van der Waals surface area contributed by atoms with Gasteiger partial charge in [0, 0.05) is 17.7 Å². The molecule has 3 heterocycles. The van der Waals surface area contributed by atoms with Crippen molar-refractivity contribution in [1.29, 1.82) is 0 Å². The number of carbonyl (C=O) groups excluding carboxylic acids is 2. The van der Waals surface area contributed by atoms with E-state index in [9.17, 15) is 24.6 Å². The van der Waals surface area contributed by atoms with E-state index in [1.54, 1.807) is 17.8 Å². The quantitative estimate of drug-likeness (QED) is 0.301. The van der Waals surface area contributed by atoms with Crippen LogP contribution in [0.25, 0.3) is 6.08 Å². The number of rotatable bonds is 10. The number of hydrogen-bond donors (Lipinski definition) is 2. The largest absolute Gasteiger partial charge is 0.477 e. The molecule has 0 aromatic carbocycles. The maximum absolute atomic E-state index is 12.4. The molecule has 2 aliphatic rings. The van der Waals surface area contributed by atoms with Gasteiger partial charge in [0.05, 0.1) is 47.4 Å². The van der Waals surface area contributed by atoms with E-state index in [0.717, 1.165) is 10.6 Å². The highest BCUT2D eigenvalue weighted by Gasteiger charge is 2.59. The SMILES string of the molecule is CC(=O)OCCOCc1ncsc1/C=C\SC1=C(C(=O)O)N2C(=O)[C@H]([C@@H](C)O)[C@H]2[C@H]1C. The molecule has 0 bridgehead atoms. The summed E-state index contributed by atoms with van der Waals surface area (Å²) < 4.78 is 10.3. The monoisotopic (exact) mass is 468 g/mol. The summed E-state index contributed by atoms with van der Waals surface area (Å²) in [6.45, 7) is 5.46. The fourth-order valence-electron chi connectivity index (χ4n) is 3.78. The van der Waals surface area contributed by atoms with Gasteiger partial charge < -0.3 is 24.6 Å². The molecule has 1 amide bonds. The molecule has 1 aromatic rings. The van der Waals surface area contributed by atoms with Gasteiger partial charge in [-0.1, -0.05) is 18.7 Å². The molecule has 1 saturated heterocycles. The molecule has 11 heteroatoms. The Morgan fingerprint density at radius 2 is 2.16 bits per heavy atom. The molecule has 0 spiro atoms. The molecule has 0 aliphatic carbocycles. The molecule has 0 unspecified atom stereocenters. The van der Waals surface area contributed by atoms with Gasteiger partial charge in [0.2, 0.25) is 5.91 Å². The van der Waals surface area contributed by atoms with Gasteiger partial charge in [-0.25, -0.2) is 9.78 Å². The molecular formula is C20H24N2O7S2. The Labute approximate surface area is 187 Å². The maximum Gasteiger partial charge on any atom is 0.353 e. The van der Waals surface area contributed by atoms with Gasteiger partial charge in [-0.15, -0.1) is 11.3 Å². The number of thiazole rings is 1. The van der Waals surface area contributed by atoms with Crippen molar-refractivity contribution in [1.82, 2.24) is 9.88 Å². The van der Waals surface area contributed by atoms with E-state index in [2.05, 4.69) is 4.98 Å². The Morgan fingerprint density at radius 3 is 2.81 bits per heavy atom. The first-order valence-corrected chi connectivity index (χ1v) is 11.4. The molecule has 2 N–H and O–H groups in total. The van der Waals surface area contributed by atoms with Crippen molar-refractivity contribution in [3.8, 4) is 0 Å². The zero-order valence-electron chi connectivity index (χ0n) is 17.3. The highest BCUT2D eigenvalue weighted by Crippen LogP contribution is 2.50.